The van der Waals surface area contributed by atoms with E-state index in [0.717, 1.165) is 42.6 Å². The SMILES string of the molecule is C=CCn1c(SCC(=O)Nc2sc3c(c2C#N)CCCC3)nnc1-c1ccc(C(C)C)cc1. The minimum Gasteiger partial charge on any atom is -0.316 e. The summed E-state index contributed by atoms with van der Waals surface area (Å²) in [5.74, 6) is 1.26. The van der Waals surface area contributed by atoms with E-state index >= 15 is 0 Å². The number of nitrogens with one attached hydrogen (secondary N) is 1. The number of hydrogen-bond acceptors (Lipinski definition) is 6. The number of rotatable bonds is 8. The Morgan fingerprint density at radius 1 is 1.30 bits per heavy atom. The summed E-state index contributed by atoms with van der Waals surface area (Å²) in [6, 6.07) is 10.6. The Morgan fingerprint density at radius 3 is 2.76 bits per heavy atom. The molecule has 4 rings (SSSR count). The molecule has 0 bridgehead atoms. The van der Waals surface area contributed by atoms with E-state index in [1.54, 1.807) is 17.4 Å². The number of hydrogen-bond donors (Lipinski definition) is 1. The van der Waals surface area contributed by atoms with Gasteiger partial charge in [-0.1, -0.05) is 56.0 Å². The van der Waals surface area contributed by atoms with E-state index in [1.165, 1.54) is 22.2 Å². The van der Waals surface area contributed by atoms with Gasteiger partial charge in [-0.2, -0.15) is 5.26 Å². The Morgan fingerprint density at radius 2 is 2.06 bits per heavy atom. The molecule has 8 heteroatoms. The topological polar surface area (TPSA) is 83.6 Å². The fraction of sp³-hybridized carbons (Fsp3) is 0.360. The number of nitrogens with zero attached hydrogens (tertiary/aromatic N) is 4. The van der Waals surface area contributed by atoms with Crippen molar-refractivity contribution < 1.29 is 4.79 Å². The number of thiophene rings is 1. The lowest BCUT2D eigenvalue weighted by molar-refractivity contribution is -0.113. The van der Waals surface area contributed by atoms with Crippen LogP contribution in [-0.2, 0) is 24.2 Å². The molecule has 1 N–H and O–H groups in total. The van der Waals surface area contributed by atoms with Gasteiger partial charge >= 0.3 is 0 Å². The van der Waals surface area contributed by atoms with Gasteiger partial charge in [-0.05, 0) is 42.7 Å². The van der Waals surface area contributed by atoms with Crippen molar-refractivity contribution in [2.24, 2.45) is 0 Å². The van der Waals surface area contributed by atoms with Crippen LogP contribution in [0.15, 0.2) is 42.1 Å². The second kappa shape index (κ2) is 10.4. The van der Waals surface area contributed by atoms with Crippen LogP contribution in [0.3, 0.4) is 0 Å². The Hall–Kier alpha value is -2.89. The Labute approximate surface area is 202 Å². The van der Waals surface area contributed by atoms with E-state index < -0.39 is 0 Å². The number of aromatic nitrogens is 3. The Balaban J connectivity index is 1.47. The number of allylic oxidation sites excluding steroid dienone is 1. The van der Waals surface area contributed by atoms with Crippen molar-refractivity contribution in [3.63, 3.8) is 0 Å². The molecule has 3 aromatic rings. The van der Waals surface area contributed by atoms with Gasteiger partial charge in [0.2, 0.25) is 5.91 Å². The number of amides is 1. The molecule has 0 unspecified atom stereocenters. The van der Waals surface area contributed by atoms with Crippen LogP contribution < -0.4 is 5.32 Å². The van der Waals surface area contributed by atoms with Gasteiger partial charge in [0.05, 0.1) is 11.3 Å². The maximum absolute atomic E-state index is 12.7. The van der Waals surface area contributed by atoms with Crippen molar-refractivity contribution in [3.05, 3.63) is 58.5 Å². The van der Waals surface area contributed by atoms with E-state index in [-0.39, 0.29) is 11.7 Å². The van der Waals surface area contributed by atoms with Crippen molar-refractivity contribution >= 4 is 34.0 Å². The number of anilines is 1. The summed E-state index contributed by atoms with van der Waals surface area (Å²) in [5, 5.41) is 22.6. The van der Waals surface area contributed by atoms with E-state index in [1.807, 2.05) is 4.57 Å². The minimum atomic E-state index is -0.147. The lowest BCUT2D eigenvalue weighted by atomic mass is 9.96. The van der Waals surface area contributed by atoms with Crippen molar-refractivity contribution in [3.8, 4) is 17.5 Å². The second-order valence-electron chi connectivity index (χ2n) is 8.35. The molecule has 33 heavy (non-hydrogen) atoms. The summed E-state index contributed by atoms with van der Waals surface area (Å²) in [4.78, 5) is 13.9. The van der Waals surface area contributed by atoms with Crippen LogP contribution in [0.4, 0.5) is 5.00 Å². The number of nitriles is 1. The van der Waals surface area contributed by atoms with Crippen molar-refractivity contribution in [2.45, 2.75) is 57.1 Å². The number of thioether (sulfide) groups is 1. The molecule has 0 saturated heterocycles. The van der Waals surface area contributed by atoms with E-state index in [9.17, 15) is 10.1 Å². The summed E-state index contributed by atoms with van der Waals surface area (Å²) in [5.41, 5.74) is 4.00. The van der Waals surface area contributed by atoms with Crippen LogP contribution in [0.2, 0.25) is 0 Å². The van der Waals surface area contributed by atoms with Crippen LogP contribution in [-0.4, -0.2) is 26.4 Å². The Kier molecular flexibility index (Phi) is 7.31. The van der Waals surface area contributed by atoms with Crippen molar-refractivity contribution in [1.82, 2.24) is 14.8 Å². The van der Waals surface area contributed by atoms with Gasteiger partial charge in [-0.25, -0.2) is 0 Å². The summed E-state index contributed by atoms with van der Waals surface area (Å²) in [6.07, 6.45) is 5.96. The standard InChI is InChI=1S/C25H27N5OS2/c1-4-13-30-23(18-11-9-17(10-12-18)16(2)3)28-29-25(30)32-15-22(31)27-24-20(14-26)19-7-5-6-8-21(19)33-24/h4,9-12,16H,1,5-8,13,15H2,2-3H3,(H,27,31). The molecule has 6 nitrogen and oxygen atoms in total. The van der Waals surface area contributed by atoms with Gasteiger partial charge in [0.25, 0.3) is 0 Å². The number of benzene rings is 1. The first-order valence-corrected chi connectivity index (χ1v) is 12.9. The number of carbonyl (C=O) groups excluding carboxylic acids is 1. The summed E-state index contributed by atoms with van der Waals surface area (Å²) in [6.45, 7) is 8.74. The lowest BCUT2D eigenvalue weighted by Crippen LogP contribution is -2.14. The second-order valence-corrected chi connectivity index (χ2v) is 10.4. The molecule has 1 aromatic carbocycles. The molecule has 0 fully saturated rings. The molecule has 1 aliphatic rings. The van der Waals surface area contributed by atoms with Gasteiger partial charge in [0.1, 0.15) is 11.1 Å². The highest BCUT2D eigenvalue weighted by Gasteiger charge is 2.22. The molecule has 0 atom stereocenters. The zero-order valence-electron chi connectivity index (χ0n) is 18.9. The highest BCUT2D eigenvalue weighted by molar-refractivity contribution is 7.99. The molecule has 2 aromatic heterocycles. The number of fused-ring (bicyclic) bond motifs is 1. The van der Waals surface area contributed by atoms with Crippen LogP contribution in [0.5, 0.6) is 0 Å². The van der Waals surface area contributed by atoms with Crippen molar-refractivity contribution in [1.29, 1.82) is 5.26 Å². The molecule has 0 aliphatic heterocycles. The van der Waals surface area contributed by atoms with E-state index in [0.29, 0.717) is 28.2 Å². The molecule has 1 aliphatic carbocycles. The molecule has 170 valence electrons. The van der Waals surface area contributed by atoms with Crippen molar-refractivity contribution in [2.75, 3.05) is 11.1 Å². The molecular formula is C25H27N5OS2. The minimum absolute atomic E-state index is 0.147. The van der Waals surface area contributed by atoms with Crippen LogP contribution in [0.25, 0.3) is 11.4 Å². The van der Waals surface area contributed by atoms with Gasteiger partial charge < -0.3 is 5.32 Å². The van der Waals surface area contributed by atoms with E-state index in [4.69, 9.17) is 0 Å². The zero-order chi connectivity index (χ0) is 23.4. The average Bonchev–Trinajstić information content (AvgIpc) is 3.38. The van der Waals surface area contributed by atoms with Crippen LogP contribution >= 0.6 is 23.1 Å². The quantitative estimate of drug-likeness (QED) is 0.328. The summed E-state index contributed by atoms with van der Waals surface area (Å²) >= 11 is 2.88. The lowest BCUT2D eigenvalue weighted by Gasteiger charge is -2.10. The maximum atomic E-state index is 12.7. The third kappa shape index (κ3) is 5.05. The maximum Gasteiger partial charge on any atom is 0.235 e. The molecular weight excluding hydrogens is 450 g/mol. The highest BCUT2D eigenvalue weighted by atomic mass is 32.2. The molecule has 2 heterocycles. The third-order valence-corrected chi connectivity index (χ3v) is 7.91. The number of carbonyl (C=O) groups is 1. The average molecular weight is 478 g/mol. The smallest absolute Gasteiger partial charge is 0.235 e. The largest absolute Gasteiger partial charge is 0.316 e. The summed E-state index contributed by atoms with van der Waals surface area (Å²) < 4.78 is 1.97. The Bertz CT molecular complexity index is 1200. The molecule has 0 radical (unpaired) electrons. The molecule has 1 amide bonds. The number of aryl methyl sites for hydroxylation is 1. The highest BCUT2D eigenvalue weighted by Crippen LogP contribution is 2.37. The predicted octanol–water partition coefficient (Wildman–Crippen LogP) is 5.80. The normalized spacial score (nSPS) is 12.9. The zero-order valence-corrected chi connectivity index (χ0v) is 20.6. The molecule has 0 saturated carbocycles. The van der Waals surface area contributed by atoms with Crippen LogP contribution in [0.1, 0.15) is 54.2 Å². The van der Waals surface area contributed by atoms with E-state index in [2.05, 4.69) is 66.3 Å². The van der Waals surface area contributed by atoms with Gasteiger partial charge in [-0.15, -0.1) is 28.1 Å². The van der Waals surface area contributed by atoms with Crippen LogP contribution in [0, 0.1) is 11.3 Å². The fourth-order valence-electron chi connectivity index (χ4n) is 3.98. The third-order valence-electron chi connectivity index (χ3n) is 5.73. The monoisotopic (exact) mass is 477 g/mol. The van der Waals surface area contributed by atoms with Gasteiger partial charge in [-0.3, -0.25) is 9.36 Å². The first-order valence-electron chi connectivity index (χ1n) is 11.1. The van der Waals surface area contributed by atoms with Gasteiger partial charge in [0, 0.05) is 17.0 Å². The summed E-state index contributed by atoms with van der Waals surface area (Å²) in [7, 11) is 0. The predicted molar refractivity (Wildman–Crippen MR) is 135 cm³/mol. The van der Waals surface area contributed by atoms with Gasteiger partial charge in [0.15, 0.2) is 11.0 Å². The first-order chi connectivity index (χ1) is 16.0. The molecule has 0 spiro atoms. The first kappa shape index (κ1) is 23.3. The fourth-order valence-corrected chi connectivity index (χ4v) is 5.99.